The Hall–Kier alpha value is -1.87. The molecule has 1 fully saturated rings. The molecule has 0 radical (unpaired) electrons. The lowest BCUT2D eigenvalue weighted by molar-refractivity contribution is 0.0935. The third-order valence-corrected chi connectivity index (χ3v) is 7.15. The summed E-state index contributed by atoms with van der Waals surface area (Å²) in [6.45, 7) is 0. The van der Waals surface area contributed by atoms with Crippen LogP contribution < -0.4 is 5.32 Å². The zero-order valence-corrected chi connectivity index (χ0v) is 15.1. The number of nitrogens with one attached hydrogen (secondary N) is 2. The Morgan fingerprint density at radius 3 is 2.84 bits per heavy atom. The number of benzene rings is 1. The van der Waals surface area contributed by atoms with Gasteiger partial charge in [-0.2, -0.15) is 10.6 Å². The SMILES string of the molecule is O=C(NC1CCS(O)(O)CC1)c1cc(-c2cncs2)cc2[nH]ccc12. The first-order valence-electron chi connectivity index (χ1n) is 8.06. The summed E-state index contributed by atoms with van der Waals surface area (Å²) in [5, 5.41) is 3.93. The number of aromatic nitrogens is 2. The molecule has 3 heterocycles. The minimum atomic E-state index is -2.44. The molecule has 8 heteroatoms. The van der Waals surface area contributed by atoms with Gasteiger partial charge in [-0.1, -0.05) is 0 Å². The van der Waals surface area contributed by atoms with Crippen molar-refractivity contribution in [1.82, 2.24) is 15.3 Å². The second-order valence-corrected chi connectivity index (χ2v) is 9.59. The summed E-state index contributed by atoms with van der Waals surface area (Å²) in [5.41, 5.74) is 4.27. The molecule has 0 aliphatic carbocycles. The van der Waals surface area contributed by atoms with Gasteiger partial charge < -0.3 is 10.3 Å². The first kappa shape index (κ1) is 16.6. The van der Waals surface area contributed by atoms with Gasteiger partial charge in [0.25, 0.3) is 5.91 Å². The Labute approximate surface area is 150 Å². The number of hydrogen-bond acceptors (Lipinski definition) is 5. The monoisotopic (exact) mass is 377 g/mol. The first-order chi connectivity index (χ1) is 12.0. The molecular formula is C17H19N3O3S2. The summed E-state index contributed by atoms with van der Waals surface area (Å²) >= 11 is 1.53. The molecular weight excluding hydrogens is 358 g/mol. The quantitative estimate of drug-likeness (QED) is 0.556. The maximum Gasteiger partial charge on any atom is 0.252 e. The van der Waals surface area contributed by atoms with Crippen molar-refractivity contribution in [3.05, 3.63) is 41.7 Å². The molecule has 3 aromatic rings. The number of carbonyl (C=O) groups excluding carboxylic acids is 1. The molecule has 132 valence electrons. The van der Waals surface area contributed by atoms with E-state index in [0.717, 1.165) is 21.3 Å². The van der Waals surface area contributed by atoms with Gasteiger partial charge in [-0.05, 0) is 36.6 Å². The Bertz CT molecular complexity index is 895. The summed E-state index contributed by atoms with van der Waals surface area (Å²) in [6, 6.07) is 5.80. The van der Waals surface area contributed by atoms with E-state index in [1.54, 1.807) is 11.7 Å². The van der Waals surface area contributed by atoms with Crippen LogP contribution in [0.5, 0.6) is 0 Å². The largest absolute Gasteiger partial charge is 0.361 e. The van der Waals surface area contributed by atoms with Gasteiger partial charge in [-0.15, -0.1) is 11.3 Å². The Balaban J connectivity index is 1.62. The highest BCUT2D eigenvalue weighted by Gasteiger charge is 2.26. The van der Waals surface area contributed by atoms with Crippen LogP contribution >= 0.6 is 21.9 Å². The van der Waals surface area contributed by atoms with E-state index in [4.69, 9.17) is 0 Å². The lowest BCUT2D eigenvalue weighted by atomic mass is 10.0. The van der Waals surface area contributed by atoms with Gasteiger partial charge in [0.1, 0.15) is 0 Å². The standard InChI is InChI=1S/C17H19N3O3S2/c21-17(20-12-2-5-25(22,23)6-3-12)14-7-11(16-9-18-10-24-16)8-15-13(14)1-4-19-15/h1,4,7-10,12,19,22-23H,2-3,5-6H2,(H,20,21). The average molecular weight is 377 g/mol. The number of thiazole rings is 1. The summed E-state index contributed by atoms with van der Waals surface area (Å²) in [5.74, 6) is 0.593. The Morgan fingerprint density at radius 2 is 2.12 bits per heavy atom. The van der Waals surface area contributed by atoms with Gasteiger partial charge in [0, 0.05) is 46.4 Å². The Kier molecular flexibility index (Phi) is 4.28. The summed E-state index contributed by atoms with van der Waals surface area (Å²) in [4.78, 5) is 21.1. The van der Waals surface area contributed by atoms with E-state index in [0.29, 0.717) is 29.9 Å². The fourth-order valence-electron chi connectivity index (χ4n) is 3.17. The van der Waals surface area contributed by atoms with Crippen molar-refractivity contribution in [3.8, 4) is 10.4 Å². The van der Waals surface area contributed by atoms with E-state index in [1.807, 2.05) is 24.4 Å². The molecule has 0 spiro atoms. The summed E-state index contributed by atoms with van der Waals surface area (Å²) < 4.78 is 19.4. The van der Waals surface area contributed by atoms with Crippen LogP contribution in [-0.4, -0.2) is 42.5 Å². The maximum absolute atomic E-state index is 12.9. The van der Waals surface area contributed by atoms with Crippen molar-refractivity contribution in [2.75, 3.05) is 11.5 Å². The normalized spacial score (nSPS) is 19.0. The molecule has 0 unspecified atom stereocenters. The number of H-pyrrole nitrogens is 1. The van der Waals surface area contributed by atoms with E-state index in [9.17, 15) is 13.9 Å². The van der Waals surface area contributed by atoms with E-state index in [1.165, 1.54) is 11.3 Å². The molecule has 0 saturated carbocycles. The Morgan fingerprint density at radius 1 is 1.32 bits per heavy atom. The van der Waals surface area contributed by atoms with Crippen LogP contribution in [0.15, 0.2) is 36.1 Å². The topological polar surface area (TPSA) is 98.2 Å². The van der Waals surface area contributed by atoms with Crippen molar-refractivity contribution in [3.63, 3.8) is 0 Å². The number of amides is 1. The van der Waals surface area contributed by atoms with Crippen molar-refractivity contribution in [2.24, 2.45) is 0 Å². The molecule has 1 aromatic carbocycles. The van der Waals surface area contributed by atoms with Crippen molar-refractivity contribution < 1.29 is 13.9 Å². The van der Waals surface area contributed by atoms with Crippen LogP contribution in [0.3, 0.4) is 0 Å². The van der Waals surface area contributed by atoms with Crippen LogP contribution in [0.25, 0.3) is 21.3 Å². The van der Waals surface area contributed by atoms with E-state index < -0.39 is 10.6 Å². The van der Waals surface area contributed by atoms with E-state index in [-0.39, 0.29) is 11.9 Å². The van der Waals surface area contributed by atoms with Crippen molar-refractivity contribution in [2.45, 2.75) is 18.9 Å². The van der Waals surface area contributed by atoms with Gasteiger partial charge in [-0.25, -0.2) is 0 Å². The molecule has 1 amide bonds. The molecule has 6 nitrogen and oxygen atoms in total. The van der Waals surface area contributed by atoms with Crippen LogP contribution in [0.4, 0.5) is 0 Å². The minimum Gasteiger partial charge on any atom is -0.361 e. The van der Waals surface area contributed by atoms with Crippen LogP contribution in [0.2, 0.25) is 0 Å². The molecule has 4 rings (SSSR count). The second kappa shape index (κ2) is 6.45. The molecule has 0 bridgehead atoms. The molecule has 2 aromatic heterocycles. The third kappa shape index (κ3) is 3.43. The van der Waals surface area contributed by atoms with Gasteiger partial charge >= 0.3 is 0 Å². The fourth-order valence-corrected chi connectivity index (χ4v) is 5.31. The van der Waals surface area contributed by atoms with Crippen LogP contribution in [-0.2, 0) is 0 Å². The number of fused-ring (bicyclic) bond motifs is 1. The second-order valence-electron chi connectivity index (χ2n) is 6.29. The smallest absolute Gasteiger partial charge is 0.252 e. The minimum absolute atomic E-state index is 0.0199. The van der Waals surface area contributed by atoms with E-state index >= 15 is 0 Å². The lowest BCUT2D eigenvalue weighted by Gasteiger charge is -2.39. The molecule has 1 aliphatic heterocycles. The number of aromatic amines is 1. The lowest BCUT2D eigenvalue weighted by Crippen LogP contribution is -2.39. The molecule has 1 aliphatic rings. The van der Waals surface area contributed by atoms with Gasteiger partial charge in [0.2, 0.25) is 0 Å². The number of carbonyl (C=O) groups is 1. The van der Waals surface area contributed by atoms with E-state index in [2.05, 4.69) is 15.3 Å². The highest BCUT2D eigenvalue weighted by Crippen LogP contribution is 2.43. The average Bonchev–Trinajstić information content (AvgIpc) is 3.26. The molecule has 25 heavy (non-hydrogen) atoms. The number of hydrogen-bond donors (Lipinski definition) is 4. The number of rotatable bonds is 3. The van der Waals surface area contributed by atoms with Crippen molar-refractivity contribution >= 4 is 38.7 Å². The fraction of sp³-hybridized carbons (Fsp3) is 0.294. The zero-order valence-electron chi connectivity index (χ0n) is 13.4. The van der Waals surface area contributed by atoms with Gasteiger partial charge in [0.05, 0.1) is 10.4 Å². The molecule has 1 saturated heterocycles. The summed E-state index contributed by atoms with van der Waals surface area (Å²) in [7, 11) is -2.44. The predicted molar refractivity (Wildman–Crippen MR) is 102 cm³/mol. The van der Waals surface area contributed by atoms with Gasteiger partial charge in [0.15, 0.2) is 0 Å². The molecule has 4 N–H and O–H groups in total. The molecule has 0 atom stereocenters. The predicted octanol–water partition coefficient (Wildman–Crippen LogP) is 3.93. The first-order valence-corrected chi connectivity index (χ1v) is 10.8. The highest BCUT2D eigenvalue weighted by atomic mass is 32.3. The summed E-state index contributed by atoms with van der Waals surface area (Å²) in [6.07, 6.45) is 4.81. The van der Waals surface area contributed by atoms with Gasteiger partial charge in [-0.3, -0.25) is 18.9 Å². The van der Waals surface area contributed by atoms with Crippen LogP contribution in [0.1, 0.15) is 23.2 Å². The van der Waals surface area contributed by atoms with Crippen molar-refractivity contribution in [1.29, 1.82) is 0 Å². The highest BCUT2D eigenvalue weighted by molar-refractivity contribution is 8.24. The zero-order chi connectivity index (χ0) is 17.4. The third-order valence-electron chi connectivity index (χ3n) is 4.55. The number of nitrogens with zero attached hydrogens (tertiary/aromatic N) is 1. The van der Waals surface area contributed by atoms with Crippen LogP contribution in [0, 0.1) is 0 Å². The maximum atomic E-state index is 12.9.